The molecule has 2 N–H and O–H groups in total. The van der Waals surface area contributed by atoms with Crippen LogP contribution in [0.3, 0.4) is 0 Å². The van der Waals surface area contributed by atoms with Crippen molar-refractivity contribution in [3.63, 3.8) is 0 Å². The van der Waals surface area contributed by atoms with Gasteiger partial charge in [0, 0.05) is 12.6 Å². The highest BCUT2D eigenvalue weighted by Gasteiger charge is 2.35. The van der Waals surface area contributed by atoms with Crippen molar-refractivity contribution in [2.24, 2.45) is 0 Å². The van der Waals surface area contributed by atoms with E-state index >= 15 is 0 Å². The van der Waals surface area contributed by atoms with E-state index in [0.29, 0.717) is 12.6 Å². The van der Waals surface area contributed by atoms with E-state index in [1.807, 2.05) is 0 Å². The van der Waals surface area contributed by atoms with E-state index in [1.165, 1.54) is 19.3 Å². The molecule has 0 aliphatic carbocycles. The molecule has 1 rings (SSSR count). The topological polar surface area (TPSA) is 52.6 Å². The summed E-state index contributed by atoms with van der Waals surface area (Å²) in [5, 5.41) is 12.1. The van der Waals surface area contributed by atoms with Crippen LogP contribution in [0.4, 0.5) is 0 Å². The summed E-state index contributed by atoms with van der Waals surface area (Å²) in [6.07, 6.45) is 3.63. The van der Waals surface area contributed by atoms with E-state index in [1.54, 1.807) is 14.0 Å². The summed E-state index contributed by atoms with van der Waals surface area (Å²) in [6, 6.07) is 0.505. The van der Waals surface area contributed by atoms with Gasteiger partial charge in [-0.15, -0.1) is 0 Å². The maximum Gasteiger partial charge on any atom is 0.324 e. The van der Waals surface area contributed by atoms with Gasteiger partial charge in [-0.1, -0.05) is 6.42 Å². The van der Waals surface area contributed by atoms with Crippen molar-refractivity contribution in [1.82, 2.24) is 10.2 Å². The highest BCUT2D eigenvalue weighted by molar-refractivity contribution is 5.78. The molecule has 1 heterocycles. The van der Waals surface area contributed by atoms with E-state index in [-0.39, 0.29) is 0 Å². The van der Waals surface area contributed by atoms with Crippen LogP contribution in [0.15, 0.2) is 0 Å². The molecule has 0 amide bonds. The average Bonchev–Trinajstić information content (AvgIpc) is 2.21. The number of carboxylic acids is 1. The van der Waals surface area contributed by atoms with Crippen LogP contribution in [0, 0.1) is 0 Å². The lowest BCUT2D eigenvalue weighted by Gasteiger charge is -2.38. The Labute approximate surface area is 91.6 Å². The average molecular weight is 214 g/mol. The number of likely N-dealkylation sites (N-methyl/N-ethyl adjacent to an activating group) is 1. The Bertz CT molecular complexity index is 233. The van der Waals surface area contributed by atoms with E-state index in [9.17, 15) is 4.79 Å². The third-order valence-corrected chi connectivity index (χ3v) is 3.48. The van der Waals surface area contributed by atoms with Crippen LogP contribution in [-0.2, 0) is 4.79 Å². The van der Waals surface area contributed by atoms with Crippen LogP contribution in [0.2, 0.25) is 0 Å². The van der Waals surface area contributed by atoms with Crippen LogP contribution < -0.4 is 5.32 Å². The minimum absolute atomic E-state index is 0.505. The van der Waals surface area contributed by atoms with Gasteiger partial charge in [0.15, 0.2) is 0 Å². The van der Waals surface area contributed by atoms with Crippen molar-refractivity contribution in [2.75, 3.05) is 20.1 Å². The number of likely N-dealkylation sites (tertiary alicyclic amines) is 1. The largest absolute Gasteiger partial charge is 0.480 e. The minimum atomic E-state index is -0.828. The molecule has 2 unspecified atom stereocenters. The summed E-state index contributed by atoms with van der Waals surface area (Å²) in [6.45, 7) is 5.53. The predicted octanol–water partition coefficient (Wildman–Crippen LogP) is 0.923. The molecule has 1 saturated heterocycles. The van der Waals surface area contributed by atoms with Gasteiger partial charge >= 0.3 is 5.97 Å². The second-order valence-corrected chi connectivity index (χ2v) is 4.70. The minimum Gasteiger partial charge on any atom is -0.480 e. The van der Waals surface area contributed by atoms with Crippen LogP contribution in [0.1, 0.15) is 33.1 Å². The number of carboxylic acid groups (broad SMARTS) is 1. The summed E-state index contributed by atoms with van der Waals surface area (Å²) >= 11 is 0. The van der Waals surface area contributed by atoms with E-state index in [2.05, 4.69) is 17.1 Å². The van der Waals surface area contributed by atoms with Gasteiger partial charge in [0.25, 0.3) is 0 Å². The fourth-order valence-corrected chi connectivity index (χ4v) is 2.05. The molecule has 0 aromatic rings. The Kier molecular flexibility index (Phi) is 4.11. The second-order valence-electron chi connectivity index (χ2n) is 4.70. The maximum absolute atomic E-state index is 11.1. The fourth-order valence-electron chi connectivity index (χ4n) is 2.05. The molecule has 0 radical (unpaired) electrons. The third kappa shape index (κ3) is 2.92. The highest BCUT2D eigenvalue weighted by Crippen LogP contribution is 2.19. The quantitative estimate of drug-likeness (QED) is 0.731. The molecule has 4 nitrogen and oxygen atoms in total. The lowest BCUT2D eigenvalue weighted by molar-refractivity contribution is -0.145. The first kappa shape index (κ1) is 12.5. The van der Waals surface area contributed by atoms with Gasteiger partial charge in [-0.2, -0.15) is 0 Å². The van der Waals surface area contributed by atoms with E-state index < -0.39 is 11.5 Å². The number of rotatable bonds is 4. The number of hydrogen-bond acceptors (Lipinski definition) is 3. The molecule has 4 heteroatoms. The van der Waals surface area contributed by atoms with Crippen LogP contribution in [0.25, 0.3) is 0 Å². The molecule has 2 atom stereocenters. The monoisotopic (exact) mass is 214 g/mol. The molecule has 0 spiro atoms. The zero-order chi connectivity index (χ0) is 11.5. The van der Waals surface area contributed by atoms with Crippen molar-refractivity contribution in [1.29, 1.82) is 0 Å². The van der Waals surface area contributed by atoms with Crippen molar-refractivity contribution in [3.8, 4) is 0 Å². The lowest BCUT2D eigenvalue weighted by atomic mass is 9.97. The maximum atomic E-state index is 11.1. The van der Waals surface area contributed by atoms with Crippen molar-refractivity contribution < 1.29 is 9.90 Å². The number of nitrogens with one attached hydrogen (secondary N) is 1. The SMILES string of the molecule is CNC(C)(CN1CCCCC1C)C(=O)O. The molecular weight excluding hydrogens is 192 g/mol. The molecule has 0 aromatic carbocycles. The smallest absolute Gasteiger partial charge is 0.324 e. The third-order valence-electron chi connectivity index (χ3n) is 3.48. The first-order chi connectivity index (χ1) is 6.99. The number of nitrogens with zero attached hydrogens (tertiary/aromatic N) is 1. The molecule has 0 saturated carbocycles. The first-order valence-corrected chi connectivity index (χ1v) is 5.66. The van der Waals surface area contributed by atoms with E-state index in [4.69, 9.17) is 5.11 Å². The van der Waals surface area contributed by atoms with Gasteiger partial charge in [0.05, 0.1) is 0 Å². The Hall–Kier alpha value is -0.610. The molecule has 1 aliphatic rings. The Balaban J connectivity index is 2.61. The van der Waals surface area contributed by atoms with Crippen molar-refractivity contribution in [3.05, 3.63) is 0 Å². The van der Waals surface area contributed by atoms with Gasteiger partial charge < -0.3 is 10.4 Å². The Morgan fingerprint density at radius 3 is 2.73 bits per heavy atom. The van der Waals surface area contributed by atoms with Crippen molar-refractivity contribution in [2.45, 2.75) is 44.7 Å². The van der Waals surface area contributed by atoms with Crippen LogP contribution in [-0.4, -0.2) is 47.7 Å². The van der Waals surface area contributed by atoms with Gasteiger partial charge in [-0.25, -0.2) is 0 Å². The molecule has 0 bridgehead atoms. The zero-order valence-corrected chi connectivity index (χ0v) is 9.92. The number of carbonyl (C=O) groups is 1. The molecule has 1 fully saturated rings. The van der Waals surface area contributed by atoms with Gasteiger partial charge in [-0.3, -0.25) is 9.69 Å². The molecule has 1 aliphatic heterocycles. The summed E-state index contributed by atoms with van der Waals surface area (Å²) < 4.78 is 0. The Morgan fingerprint density at radius 2 is 2.27 bits per heavy atom. The normalized spacial score (nSPS) is 27.3. The van der Waals surface area contributed by atoms with Gasteiger partial charge in [0.2, 0.25) is 0 Å². The van der Waals surface area contributed by atoms with E-state index in [0.717, 1.165) is 6.54 Å². The zero-order valence-electron chi connectivity index (χ0n) is 9.92. The molecular formula is C11H22N2O2. The molecule has 88 valence electrons. The number of piperidine rings is 1. The second kappa shape index (κ2) is 4.94. The van der Waals surface area contributed by atoms with Crippen LogP contribution >= 0.6 is 0 Å². The standard InChI is InChI=1S/C11H22N2O2/c1-9-6-4-5-7-13(9)8-11(2,12-3)10(14)15/h9,12H,4-8H2,1-3H3,(H,14,15). The highest BCUT2D eigenvalue weighted by atomic mass is 16.4. The predicted molar refractivity (Wildman–Crippen MR) is 60.0 cm³/mol. The molecule has 15 heavy (non-hydrogen) atoms. The van der Waals surface area contributed by atoms with Gasteiger partial charge in [-0.05, 0) is 40.3 Å². The lowest BCUT2D eigenvalue weighted by Crippen LogP contribution is -2.57. The van der Waals surface area contributed by atoms with Gasteiger partial charge in [0.1, 0.15) is 5.54 Å². The Morgan fingerprint density at radius 1 is 1.60 bits per heavy atom. The fraction of sp³-hybridized carbons (Fsp3) is 0.909. The van der Waals surface area contributed by atoms with Crippen molar-refractivity contribution >= 4 is 5.97 Å². The summed E-state index contributed by atoms with van der Waals surface area (Å²) in [7, 11) is 1.71. The summed E-state index contributed by atoms with van der Waals surface area (Å²) in [4.78, 5) is 13.4. The number of aliphatic carboxylic acids is 1. The summed E-state index contributed by atoms with van der Waals surface area (Å²) in [5.74, 6) is -0.775. The summed E-state index contributed by atoms with van der Waals surface area (Å²) in [5.41, 5.74) is -0.828. The first-order valence-electron chi connectivity index (χ1n) is 5.66. The molecule has 0 aromatic heterocycles. The number of hydrogen-bond donors (Lipinski definition) is 2. The van der Waals surface area contributed by atoms with Crippen LogP contribution in [0.5, 0.6) is 0 Å².